The Balaban J connectivity index is 2.50. The average molecular weight is 223 g/mol. The molecule has 0 aliphatic rings. The summed E-state index contributed by atoms with van der Waals surface area (Å²) in [5.41, 5.74) is 0.197. The summed E-state index contributed by atoms with van der Waals surface area (Å²) in [6.45, 7) is 8.40. The van der Waals surface area contributed by atoms with Crippen LogP contribution < -0.4 is 5.32 Å². The Morgan fingerprint density at radius 2 is 2.19 bits per heavy atom. The molecule has 0 spiro atoms. The van der Waals surface area contributed by atoms with Gasteiger partial charge < -0.3 is 10.4 Å². The van der Waals surface area contributed by atoms with Crippen LogP contribution in [0.2, 0.25) is 0 Å². The largest absolute Gasteiger partial charge is 0.388 e. The molecular weight excluding hydrogens is 202 g/mol. The first-order valence-corrected chi connectivity index (χ1v) is 5.65. The molecule has 0 saturated carbocycles. The Labute approximate surface area is 97.1 Å². The van der Waals surface area contributed by atoms with E-state index < -0.39 is 5.60 Å². The van der Waals surface area contributed by atoms with Gasteiger partial charge in [0.25, 0.3) is 0 Å². The molecule has 1 aromatic rings. The van der Waals surface area contributed by atoms with E-state index in [0.29, 0.717) is 18.4 Å². The van der Waals surface area contributed by atoms with Crippen LogP contribution in [-0.4, -0.2) is 27.2 Å². The summed E-state index contributed by atoms with van der Waals surface area (Å²) >= 11 is 0. The van der Waals surface area contributed by atoms with Crippen molar-refractivity contribution >= 4 is 5.95 Å². The molecule has 0 fully saturated rings. The predicted octanol–water partition coefficient (Wildman–Crippen LogP) is 1.99. The predicted molar refractivity (Wildman–Crippen MR) is 65.3 cm³/mol. The molecular formula is C12H21N3O. The monoisotopic (exact) mass is 223 g/mol. The van der Waals surface area contributed by atoms with Gasteiger partial charge in [0.15, 0.2) is 0 Å². The number of aliphatic hydroxyl groups is 1. The highest BCUT2D eigenvalue weighted by atomic mass is 16.3. The molecule has 2 N–H and O–H groups in total. The van der Waals surface area contributed by atoms with E-state index in [1.807, 2.05) is 19.9 Å². The van der Waals surface area contributed by atoms with Gasteiger partial charge in [-0.3, -0.25) is 0 Å². The van der Waals surface area contributed by atoms with Gasteiger partial charge >= 0.3 is 0 Å². The van der Waals surface area contributed by atoms with Gasteiger partial charge in [-0.05, 0) is 32.3 Å². The standard InChI is InChI=1S/C12H21N3O/c1-9(2)7-12(4,16)8-14-11-13-6-5-10(3)15-11/h5-6,9,16H,7-8H2,1-4H3,(H,13,14,15). The van der Waals surface area contributed by atoms with Crippen LogP contribution in [0, 0.1) is 12.8 Å². The Morgan fingerprint density at radius 3 is 2.75 bits per heavy atom. The number of anilines is 1. The fourth-order valence-electron chi connectivity index (χ4n) is 1.76. The molecule has 1 heterocycles. The van der Waals surface area contributed by atoms with Crippen LogP contribution in [0.1, 0.15) is 32.9 Å². The summed E-state index contributed by atoms with van der Waals surface area (Å²) < 4.78 is 0. The van der Waals surface area contributed by atoms with Crippen molar-refractivity contribution in [1.82, 2.24) is 9.97 Å². The van der Waals surface area contributed by atoms with Crippen LogP contribution in [0.25, 0.3) is 0 Å². The molecule has 1 rings (SSSR count). The fourth-order valence-corrected chi connectivity index (χ4v) is 1.76. The van der Waals surface area contributed by atoms with Crippen LogP contribution in [0.4, 0.5) is 5.95 Å². The molecule has 90 valence electrons. The Bertz CT molecular complexity index is 337. The Kier molecular flexibility index (Phi) is 4.24. The zero-order valence-electron chi connectivity index (χ0n) is 10.5. The van der Waals surface area contributed by atoms with Gasteiger partial charge in [0.1, 0.15) is 0 Å². The highest BCUT2D eigenvalue weighted by Gasteiger charge is 2.21. The van der Waals surface area contributed by atoms with Gasteiger partial charge in [0.05, 0.1) is 5.60 Å². The van der Waals surface area contributed by atoms with Crippen molar-refractivity contribution in [1.29, 1.82) is 0 Å². The SMILES string of the molecule is Cc1ccnc(NCC(C)(O)CC(C)C)n1. The number of hydrogen-bond acceptors (Lipinski definition) is 4. The van der Waals surface area contributed by atoms with Gasteiger partial charge in [-0.25, -0.2) is 9.97 Å². The molecule has 4 heteroatoms. The number of nitrogens with zero attached hydrogens (tertiary/aromatic N) is 2. The Morgan fingerprint density at radius 1 is 1.50 bits per heavy atom. The van der Waals surface area contributed by atoms with Gasteiger partial charge in [-0.2, -0.15) is 0 Å². The quantitative estimate of drug-likeness (QED) is 0.801. The van der Waals surface area contributed by atoms with Crippen LogP contribution in [-0.2, 0) is 0 Å². The summed E-state index contributed by atoms with van der Waals surface area (Å²) in [5.74, 6) is 1.04. The minimum atomic E-state index is -0.721. The van der Waals surface area contributed by atoms with E-state index >= 15 is 0 Å². The summed E-state index contributed by atoms with van der Waals surface area (Å²) in [7, 11) is 0. The number of rotatable bonds is 5. The summed E-state index contributed by atoms with van der Waals surface area (Å²) in [6.07, 6.45) is 2.47. The first-order valence-electron chi connectivity index (χ1n) is 5.65. The van der Waals surface area contributed by atoms with Gasteiger partial charge in [-0.15, -0.1) is 0 Å². The highest BCUT2D eigenvalue weighted by molar-refractivity contribution is 5.25. The van der Waals surface area contributed by atoms with E-state index in [4.69, 9.17) is 0 Å². The molecule has 0 amide bonds. The lowest BCUT2D eigenvalue weighted by Gasteiger charge is -2.25. The Hall–Kier alpha value is -1.16. The lowest BCUT2D eigenvalue weighted by molar-refractivity contribution is 0.0514. The molecule has 16 heavy (non-hydrogen) atoms. The van der Waals surface area contributed by atoms with Crippen LogP contribution in [0.5, 0.6) is 0 Å². The van der Waals surface area contributed by atoms with E-state index in [1.54, 1.807) is 6.20 Å². The number of aromatic nitrogens is 2. The van der Waals surface area contributed by atoms with Crippen molar-refractivity contribution < 1.29 is 5.11 Å². The third-order valence-corrected chi connectivity index (χ3v) is 2.27. The van der Waals surface area contributed by atoms with E-state index in [-0.39, 0.29) is 0 Å². The molecule has 0 aliphatic heterocycles. The number of aryl methyl sites for hydroxylation is 1. The van der Waals surface area contributed by atoms with E-state index in [0.717, 1.165) is 12.1 Å². The lowest BCUT2D eigenvalue weighted by atomic mass is 9.94. The zero-order valence-corrected chi connectivity index (χ0v) is 10.5. The smallest absolute Gasteiger partial charge is 0.222 e. The van der Waals surface area contributed by atoms with E-state index in [2.05, 4.69) is 29.1 Å². The van der Waals surface area contributed by atoms with Gasteiger partial charge in [0, 0.05) is 18.4 Å². The highest BCUT2D eigenvalue weighted by Crippen LogP contribution is 2.16. The van der Waals surface area contributed by atoms with Crippen molar-refractivity contribution in [3.63, 3.8) is 0 Å². The molecule has 0 saturated heterocycles. The van der Waals surface area contributed by atoms with Crippen molar-refractivity contribution in [3.8, 4) is 0 Å². The van der Waals surface area contributed by atoms with E-state index in [1.165, 1.54) is 0 Å². The average Bonchev–Trinajstić information content (AvgIpc) is 2.13. The maximum Gasteiger partial charge on any atom is 0.222 e. The summed E-state index contributed by atoms with van der Waals surface area (Å²) in [5, 5.41) is 13.2. The molecule has 0 aliphatic carbocycles. The maximum absolute atomic E-state index is 10.1. The lowest BCUT2D eigenvalue weighted by Crippen LogP contribution is -2.35. The van der Waals surface area contributed by atoms with Crippen molar-refractivity contribution in [2.75, 3.05) is 11.9 Å². The third kappa shape index (κ3) is 4.57. The van der Waals surface area contributed by atoms with Crippen LogP contribution in [0.3, 0.4) is 0 Å². The number of nitrogens with one attached hydrogen (secondary N) is 1. The molecule has 0 aromatic carbocycles. The van der Waals surface area contributed by atoms with Crippen LogP contribution >= 0.6 is 0 Å². The second-order valence-corrected chi connectivity index (χ2v) is 4.97. The minimum Gasteiger partial charge on any atom is -0.388 e. The topological polar surface area (TPSA) is 58.0 Å². The van der Waals surface area contributed by atoms with Gasteiger partial charge in [0.2, 0.25) is 5.95 Å². The first kappa shape index (κ1) is 12.9. The molecule has 1 atom stereocenters. The molecule has 1 aromatic heterocycles. The first-order chi connectivity index (χ1) is 7.39. The molecule has 0 radical (unpaired) electrons. The van der Waals surface area contributed by atoms with Crippen molar-refractivity contribution in [3.05, 3.63) is 18.0 Å². The third-order valence-electron chi connectivity index (χ3n) is 2.27. The summed E-state index contributed by atoms with van der Waals surface area (Å²) in [6, 6.07) is 1.84. The van der Waals surface area contributed by atoms with E-state index in [9.17, 15) is 5.11 Å². The second kappa shape index (κ2) is 5.25. The molecule has 4 nitrogen and oxygen atoms in total. The summed E-state index contributed by atoms with van der Waals surface area (Å²) in [4.78, 5) is 8.31. The minimum absolute atomic E-state index is 0.467. The fraction of sp³-hybridized carbons (Fsp3) is 0.667. The maximum atomic E-state index is 10.1. The van der Waals surface area contributed by atoms with Crippen LogP contribution in [0.15, 0.2) is 12.3 Å². The second-order valence-electron chi connectivity index (χ2n) is 4.97. The number of hydrogen-bond donors (Lipinski definition) is 2. The van der Waals surface area contributed by atoms with Crippen molar-refractivity contribution in [2.45, 2.75) is 39.7 Å². The van der Waals surface area contributed by atoms with Crippen molar-refractivity contribution in [2.24, 2.45) is 5.92 Å². The normalized spacial score (nSPS) is 14.9. The van der Waals surface area contributed by atoms with Gasteiger partial charge in [-0.1, -0.05) is 13.8 Å². The molecule has 1 unspecified atom stereocenters. The zero-order chi connectivity index (χ0) is 12.2. The molecule has 0 bridgehead atoms.